The lowest BCUT2D eigenvalue weighted by molar-refractivity contribution is 0.367. The summed E-state index contributed by atoms with van der Waals surface area (Å²) in [5.74, 6) is 1.61. The van der Waals surface area contributed by atoms with Crippen molar-refractivity contribution in [1.82, 2.24) is 10.3 Å². The molecular weight excluding hydrogens is 212 g/mol. The number of oxazole rings is 1. The van der Waals surface area contributed by atoms with E-state index >= 15 is 0 Å². The molecule has 1 aromatic rings. The van der Waals surface area contributed by atoms with Crippen LogP contribution in [0.1, 0.15) is 62.4 Å². The number of nitrogens with one attached hydrogen (secondary N) is 1. The van der Waals surface area contributed by atoms with E-state index in [1.54, 1.807) is 0 Å². The van der Waals surface area contributed by atoms with Crippen LogP contribution in [0.25, 0.3) is 0 Å². The van der Waals surface area contributed by atoms with E-state index in [-0.39, 0.29) is 0 Å². The highest BCUT2D eigenvalue weighted by atomic mass is 16.3. The SMILES string of the molecule is c1oc(CC2CCCCN2)nc1C1CCCC1. The number of nitrogens with zero attached hydrogens (tertiary/aromatic N) is 1. The molecule has 94 valence electrons. The molecule has 1 saturated carbocycles. The summed E-state index contributed by atoms with van der Waals surface area (Å²) >= 11 is 0. The highest BCUT2D eigenvalue weighted by Crippen LogP contribution is 2.33. The highest BCUT2D eigenvalue weighted by Gasteiger charge is 2.22. The van der Waals surface area contributed by atoms with Crippen LogP contribution in [-0.2, 0) is 6.42 Å². The normalized spacial score (nSPS) is 26.5. The maximum Gasteiger partial charge on any atom is 0.195 e. The van der Waals surface area contributed by atoms with Gasteiger partial charge >= 0.3 is 0 Å². The summed E-state index contributed by atoms with van der Waals surface area (Å²) in [5, 5.41) is 3.55. The van der Waals surface area contributed by atoms with Crippen LogP contribution in [0.5, 0.6) is 0 Å². The van der Waals surface area contributed by atoms with Crippen LogP contribution >= 0.6 is 0 Å². The fraction of sp³-hybridized carbons (Fsp3) is 0.786. The molecule has 1 atom stereocenters. The minimum atomic E-state index is 0.582. The zero-order valence-corrected chi connectivity index (χ0v) is 10.5. The Kier molecular flexibility index (Phi) is 3.46. The fourth-order valence-corrected chi connectivity index (χ4v) is 3.14. The summed E-state index contributed by atoms with van der Waals surface area (Å²) < 4.78 is 5.63. The molecule has 0 bridgehead atoms. The zero-order valence-electron chi connectivity index (χ0n) is 10.5. The maximum atomic E-state index is 5.63. The highest BCUT2D eigenvalue weighted by molar-refractivity contribution is 5.06. The first-order chi connectivity index (χ1) is 8.42. The quantitative estimate of drug-likeness (QED) is 0.873. The summed E-state index contributed by atoms with van der Waals surface area (Å²) in [7, 11) is 0. The number of hydrogen-bond acceptors (Lipinski definition) is 3. The third-order valence-electron chi connectivity index (χ3n) is 4.18. The Bertz CT molecular complexity index is 349. The van der Waals surface area contributed by atoms with Gasteiger partial charge < -0.3 is 9.73 Å². The molecule has 3 nitrogen and oxygen atoms in total. The second kappa shape index (κ2) is 5.21. The van der Waals surface area contributed by atoms with Gasteiger partial charge in [-0.1, -0.05) is 19.3 Å². The van der Waals surface area contributed by atoms with E-state index in [1.807, 2.05) is 6.26 Å². The molecule has 0 amide bonds. The average molecular weight is 234 g/mol. The number of rotatable bonds is 3. The van der Waals surface area contributed by atoms with Crippen LogP contribution in [-0.4, -0.2) is 17.6 Å². The molecule has 2 aliphatic rings. The number of hydrogen-bond donors (Lipinski definition) is 1. The van der Waals surface area contributed by atoms with Crippen LogP contribution < -0.4 is 5.32 Å². The van der Waals surface area contributed by atoms with Gasteiger partial charge in [-0.15, -0.1) is 0 Å². The van der Waals surface area contributed by atoms with Gasteiger partial charge in [0.1, 0.15) is 6.26 Å². The van der Waals surface area contributed by atoms with Crippen molar-refractivity contribution < 1.29 is 4.42 Å². The molecule has 0 radical (unpaired) electrons. The van der Waals surface area contributed by atoms with Crippen molar-refractivity contribution in [3.05, 3.63) is 17.8 Å². The Morgan fingerprint density at radius 1 is 1.18 bits per heavy atom. The summed E-state index contributed by atoms with van der Waals surface area (Å²) in [4.78, 5) is 4.68. The molecular formula is C14H22N2O. The third kappa shape index (κ3) is 2.71. The topological polar surface area (TPSA) is 38.1 Å². The van der Waals surface area contributed by atoms with Crippen molar-refractivity contribution in [2.45, 2.75) is 63.3 Å². The molecule has 1 aliphatic carbocycles. The summed E-state index contributed by atoms with van der Waals surface area (Å²) in [6, 6.07) is 0.582. The smallest absolute Gasteiger partial charge is 0.195 e. The van der Waals surface area contributed by atoms with Crippen molar-refractivity contribution in [3.8, 4) is 0 Å². The zero-order chi connectivity index (χ0) is 11.5. The summed E-state index contributed by atoms with van der Waals surface area (Å²) in [5.41, 5.74) is 1.20. The first-order valence-corrected chi connectivity index (χ1v) is 7.09. The molecule has 1 N–H and O–H groups in total. The van der Waals surface area contributed by atoms with Gasteiger partial charge in [-0.3, -0.25) is 0 Å². The van der Waals surface area contributed by atoms with Gasteiger partial charge in [-0.25, -0.2) is 4.98 Å². The number of aromatic nitrogens is 1. The molecule has 1 unspecified atom stereocenters. The van der Waals surface area contributed by atoms with Gasteiger partial charge in [-0.2, -0.15) is 0 Å². The molecule has 2 heterocycles. The molecule has 17 heavy (non-hydrogen) atoms. The largest absolute Gasteiger partial charge is 0.449 e. The van der Waals surface area contributed by atoms with Crippen LogP contribution in [0.4, 0.5) is 0 Å². The van der Waals surface area contributed by atoms with E-state index in [2.05, 4.69) is 10.3 Å². The minimum Gasteiger partial charge on any atom is -0.449 e. The Morgan fingerprint density at radius 3 is 2.76 bits per heavy atom. The molecule has 0 spiro atoms. The van der Waals surface area contributed by atoms with Crippen molar-refractivity contribution in [2.75, 3.05) is 6.54 Å². The van der Waals surface area contributed by atoms with Gasteiger partial charge in [0.2, 0.25) is 0 Å². The van der Waals surface area contributed by atoms with Crippen LogP contribution in [0.15, 0.2) is 10.7 Å². The van der Waals surface area contributed by atoms with Crippen LogP contribution in [0.3, 0.4) is 0 Å². The third-order valence-corrected chi connectivity index (χ3v) is 4.18. The second-order valence-corrected chi connectivity index (χ2v) is 5.50. The molecule has 2 fully saturated rings. The molecule has 1 aromatic heterocycles. The standard InChI is InChI=1S/C14H22N2O/c1-2-6-11(5-1)13-10-17-14(16-13)9-12-7-3-4-8-15-12/h10-12,15H,1-9H2. The molecule has 1 aliphatic heterocycles. The fourth-order valence-electron chi connectivity index (χ4n) is 3.14. The summed E-state index contributed by atoms with van der Waals surface area (Å²) in [6.45, 7) is 1.15. The first kappa shape index (κ1) is 11.3. The van der Waals surface area contributed by atoms with Crippen molar-refractivity contribution in [2.24, 2.45) is 0 Å². The maximum absolute atomic E-state index is 5.63. The van der Waals surface area contributed by atoms with Gasteiger partial charge in [0.25, 0.3) is 0 Å². The minimum absolute atomic E-state index is 0.582. The van der Waals surface area contributed by atoms with E-state index in [9.17, 15) is 0 Å². The van der Waals surface area contributed by atoms with Crippen molar-refractivity contribution >= 4 is 0 Å². The first-order valence-electron chi connectivity index (χ1n) is 7.09. The van der Waals surface area contributed by atoms with Gasteiger partial charge in [0, 0.05) is 18.4 Å². The lowest BCUT2D eigenvalue weighted by Crippen LogP contribution is -2.35. The van der Waals surface area contributed by atoms with Crippen molar-refractivity contribution in [1.29, 1.82) is 0 Å². The lowest BCUT2D eigenvalue weighted by Gasteiger charge is -2.21. The Morgan fingerprint density at radius 2 is 2.00 bits per heavy atom. The van der Waals surface area contributed by atoms with E-state index in [0.29, 0.717) is 12.0 Å². The Hall–Kier alpha value is -0.830. The average Bonchev–Trinajstić information content (AvgIpc) is 3.00. The second-order valence-electron chi connectivity index (χ2n) is 5.50. The van der Waals surface area contributed by atoms with Gasteiger partial charge in [0.05, 0.1) is 5.69 Å². The predicted octanol–water partition coefficient (Wildman–Crippen LogP) is 3.02. The van der Waals surface area contributed by atoms with E-state index < -0.39 is 0 Å². The van der Waals surface area contributed by atoms with Crippen LogP contribution in [0.2, 0.25) is 0 Å². The number of piperidine rings is 1. The molecule has 0 aromatic carbocycles. The van der Waals surface area contributed by atoms with Crippen molar-refractivity contribution in [3.63, 3.8) is 0 Å². The lowest BCUT2D eigenvalue weighted by atomic mass is 10.0. The molecule has 1 saturated heterocycles. The van der Waals surface area contributed by atoms with E-state index in [1.165, 1.54) is 50.6 Å². The Balaban J connectivity index is 1.59. The monoisotopic (exact) mass is 234 g/mol. The van der Waals surface area contributed by atoms with Gasteiger partial charge in [0.15, 0.2) is 5.89 Å². The van der Waals surface area contributed by atoms with Gasteiger partial charge in [-0.05, 0) is 32.2 Å². The Labute approximate surface area is 103 Å². The van der Waals surface area contributed by atoms with E-state index in [4.69, 9.17) is 4.42 Å². The molecule has 3 rings (SSSR count). The molecule has 3 heteroatoms. The van der Waals surface area contributed by atoms with Crippen LogP contribution in [0, 0.1) is 0 Å². The van der Waals surface area contributed by atoms with E-state index in [0.717, 1.165) is 18.9 Å². The predicted molar refractivity (Wildman–Crippen MR) is 67.1 cm³/mol. The summed E-state index contributed by atoms with van der Waals surface area (Å²) in [6.07, 6.45) is 12.1.